The minimum absolute atomic E-state index is 0.0971. The summed E-state index contributed by atoms with van der Waals surface area (Å²) in [6.07, 6.45) is -8.32. The smallest absolute Gasteiger partial charge is 0.299 e. The van der Waals surface area contributed by atoms with Crippen molar-refractivity contribution < 1.29 is 34.8 Å². The van der Waals surface area contributed by atoms with Crippen molar-refractivity contribution in [3.8, 4) is 28.2 Å². The van der Waals surface area contributed by atoms with Crippen LogP contribution in [0.4, 0.5) is 26.3 Å². The van der Waals surface area contributed by atoms with Crippen LogP contribution in [0, 0.1) is 0 Å². The summed E-state index contributed by atoms with van der Waals surface area (Å²) in [6.45, 7) is 0. The molecule has 0 unspecified atom stereocenters. The van der Waals surface area contributed by atoms with E-state index < -0.39 is 44.8 Å². The zero-order valence-electron chi connectivity index (χ0n) is 17.9. The van der Waals surface area contributed by atoms with Gasteiger partial charge in [0, 0.05) is 29.3 Å². The van der Waals surface area contributed by atoms with E-state index in [0.29, 0.717) is 17.3 Å². The lowest BCUT2D eigenvalue weighted by Gasteiger charge is -2.16. The SMILES string of the molecule is CS(=O)(=O)c1cc(-n2cc(C(F)(F)F)nc2-c2ccccc2C(F)(F)F)ccc1-c1ccccc1. The van der Waals surface area contributed by atoms with Gasteiger partial charge in [0.25, 0.3) is 0 Å². The van der Waals surface area contributed by atoms with Crippen LogP contribution in [0.3, 0.4) is 0 Å². The van der Waals surface area contributed by atoms with Crippen LogP contribution in [0.2, 0.25) is 0 Å². The number of nitrogens with zero attached hydrogens (tertiary/aromatic N) is 2. The van der Waals surface area contributed by atoms with Gasteiger partial charge in [-0.05, 0) is 23.8 Å². The lowest BCUT2D eigenvalue weighted by molar-refractivity contribution is -0.140. The van der Waals surface area contributed by atoms with Gasteiger partial charge in [0.05, 0.1) is 10.5 Å². The fourth-order valence-electron chi connectivity index (χ4n) is 3.65. The number of rotatable bonds is 4. The van der Waals surface area contributed by atoms with Gasteiger partial charge < -0.3 is 0 Å². The Morgan fingerprint density at radius 2 is 1.40 bits per heavy atom. The number of benzene rings is 3. The van der Waals surface area contributed by atoms with Crippen molar-refractivity contribution >= 4 is 9.84 Å². The average molecular weight is 510 g/mol. The molecule has 35 heavy (non-hydrogen) atoms. The summed E-state index contributed by atoms with van der Waals surface area (Å²) in [4.78, 5) is 3.27. The number of hydrogen-bond donors (Lipinski definition) is 0. The van der Waals surface area contributed by atoms with E-state index in [1.54, 1.807) is 30.3 Å². The zero-order chi connectivity index (χ0) is 25.6. The van der Waals surface area contributed by atoms with Crippen LogP contribution in [0.15, 0.2) is 83.9 Å². The van der Waals surface area contributed by atoms with Gasteiger partial charge in [-0.25, -0.2) is 13.4 Å². The van der Waals surface area contributed by atoms with Crippen molar-refractivity contribution in [2.24, 2.45) is 0 Å². The van der Waals surface area contributed by atoms with Crippen molar-refractivity contribution in [3.05, 3.63) is 90.3 Å². The molecule has 0 saturated heterocycles. The molecule has 0 bridgehead atoms. The van der Waals surface area contributed by atoms with Crippen LogP contribution in [0.1, 0.15) is 11.3 Å². The van der Waals surface area contributed by atoms with E-state index in [4.69, 9.17) is 0 Å². The number of sulfone groups is 1. The molecule has 182 valence electrons. The van der Waals surface area contributed by atoms with Gasteiger partial charge in [0.1, 0.15) is 5.82 Å². The molecule has 3 aromatic carbocycles. The van der Waals surface area contributed by atoms with Gasteiger partial charge in [-0.3, -0.25) is 4.57 Å². The lowest BCUT2D eigenvalue weighted by atomic mass is 10.0. The van der Waals surface area contributed by atoms with Crippen molar-refractivity contribution in [1.82, 2.24) is 9.55 Å². The Bertz CT molecular complexity index is 1490. The van der Waals surface area contributed by atoms with Crippen LogP contribution in [0.25, 0.3) is 28.2 Å². The van der Waals surface area contributed by atoms with Gasteiger partial charge in [0.15, 0.2) is 15.5 Å². The molecule has 0 atom stereocenters. The topological polar surface area (TPSA) is 52.0 Å². The van der Waals surface area contributed by atoms with Crippen molar-refractivity contribution in [2.45, 2.75) is 17.2 Å². The van der Waals surface area contributed by atoms with Gasteiger partial charge in [0.2, 0.25) is 0 Å². The molecule has 0 aliphatic carbocycles. The number of hydrogen-bond acceptors (Lipinski definition) is 3. The molecule has 1 aromatic heterocycles. The van der Waals surface area contributed by atoms with Gasteiger partial charge in [-0.2, -0.15) is 26.3 Å². The molecule has 11 heteroatoms. The second-order valence-electron chi connectivity index (χ2n) is 7.68. The molecule has 0 N–H and O–H groups in total. The molecule has 0 aliphatic heterocycles. The third kappa shape index (κ3) is 4.95. The van der Waals surface area contributed by atoms with Gasteiger partial charge >= 0.3 is 12.4 Å². The van der Waals surface area contributed by atoms with Crippen molar-refractivity contribution in [2.75, 3.05) is 6.26 Å². The second kappa shape index (κ2) is 8.56. The third-order valence-corrected chi connectivity index (χ3v) is 6.33. The van der Waals surface area contributed by atoms with Gasteiger partial charge in [-0.15, -0.1) is 0 Å². The summed E-state index contributed by atoms with van der Waals surface area (Å²) >= 11 is 0. The highest BCUT2D eigenvalue weighted by molar-refractivity contribution is 7.90. The largest absolute Gasteiger partial charge is 0.434 e. The number of imidazole rings is 1. The Balaban J connectivity index is 2.01. The van der Waals surface area contributed by atoms with Crippen LogP contribution in [-0.4, -0.2) is 24.2 Å². The molecule has 1 heterocycles. The first-order valence-electron chi connectivity index (χ1n) is 10.00. The number of aromatic nitrogens is 2. The Morgan fingerprint density at radius 3 is 2.00 bits per heavy atom. The van der Waals surface area contributed by atoms with E-state index in [-0.39, 0.29) is 10.6 Å². The van der Waals surface area contributed by atoms with E-state index in [1.807, 2.05) is 0 Å². The third-order valence-electron chi connectivity index (χ3n) is 5.20. The molecule has 4 rings (SSSR count). The molecule has 4 nitrogen and oxygen atoms in total. The Kier molecular flexibility index (Phi) is 6.00. The quantitative estimate of drug-likeness (QED) is 0.289. The maximum Gasteiger partial charge on any atom is 0.434 e. The number of halogens is 6. The summed E-state index contributed by atoms with van der Waals surface area (Å²) in [5, 5.41) is 0. The molecule has 0 saturated carbocycles. The maximum absolute atomic E-state index is 13.6. The fourth-order valence-corrected chi connectivity index (χ4v) is 4.57. The lowest BCUT2D eigenvalue weighted by Crippen LogP contribution is -2.09. The molecule has 4 aromatic rings. The Hall–Kier alpha value is -3.60. The summed E-state index contributed by atoms with van der Waals surface area (Å²) in [5.41, 5.74) is -2.43. The van der Waals surface area contributed by atoms with E-state index in [1.165, 1.54) is 18.2 Å². The van der Waals surface area contributed by atoms with Crippen molar-refractivity contribution in [3.63, 3.8) is 0 Å². The Morgan fingerprint density at radius 1 is 0.771 bits per heavy atom. The van der Waals surface area contributed by atoms with Crippen LogP contribution < -0.4 is 0 Å². The normalized spacial score (nSPS) is 12.7. The molecule has 0 fully saturated rings. The molecule has 0 spiro atoms. The van der Waals surface area contributed by atoms with E-state index >= 15 is 0 Å². The first-order valence-corrected chi connectivity index (χ1v) is 11.9. The molecule has 0 radical (unpaired) electrons. The minimum Gasteiger partial charge on any atom is -0.299 e. The molecular formula is C24H16F6N2O2S. The zero-order valence-corrected chi connectivity index (χ0v) is 18.7. The monoisotopic (exact) mass is 510 g/mol. The summed E-state index contributed by atoms with van der Waals surface area (Å²) in [7, 11) is -3.88. The predicted molar refractivity (Wildman–Crippen MR) is 118 cm³/mol. The molecule has 0 aliphatic rings. The standard InChI is InChI=1S/C24H16F6N2O2S/c1-35(33,34)20-13-16(11-12-17(20)15-7-3-2-4-8-15)32-14-21(24(28,29)30)31-22(32)18-9-5-6-10-19(18)23(25,26)27/h2-14H,1H3. The van der Waals surface area contributed by atoms with E-state index in [2.05, 4.69) is 4.98 Å². The summed E-state index contributed by atoms with van der Waals surface area (Å²) < 4.78 is 107. The highest BCUT2D eigenvalue weighted by atomic mass is 32.2. The predicted octanol–water partition coefficient (Wildman–Crippen LogP) is 6.65. The second-order valence-corrected chi connectivity index (χ2v) is 9.66. The molecule has 0 amide bonds. The fraction of sp³-hybridized carbons (Fsp3) is 0.125. The minimum atomic E-state index is -4.95. The van der Waals surface area contributed by atoms with Crippen LogP contribution in [0.5, 0.6) is 0 Å². The van der Waals surface area contributed by atoms with Crippen LogP contribution >= 0.6 is 0 Å². The van der Waals surface area contributed by atoms with Crippen LogP contribution in [-0.2, 0) is 22.2 Å². The highest BCUT2D eigenvalue weighted by Crippen LogP contribution is 2.40. The van der Waals surface area contributed by atoms with Crippen molar-refractivity contribution in [1.29, 1.82) is 0 Å². The maximum atomic E-state index is 13.6. The van der Waals surface area contributed by atoms with Gasteiger partial charge in [-0.1, -0.05) is 54.6 Å². The first-order chi connectivity index (χ1) is 16.3. The summed E-state index contributed by atoms with van der Waals surface area (Å²) in [6, 6.07) is 16.4. The molecular weight excluding hydrogens is 494 g/mol. The summed E-state index contributed by atoms with van der Waals surface area (Å²) in [5.74, 6) is -0.628. The first kappa shape index (κ1) is 24.5. The average Bonchev–Trinajstić information content (AvgIpc) is 3.24. The van der Waals surface area contributed by atoms with E-state index in [9.17, 15) is 34.8 Å². The van der Waals surface area contributed by atoms with E-state index in [0.717, 1.165) is 35.1 Å². The number of alkyl halides is 6. The highest BCUT2D eigenvalue weighted by Gasteiger charge is 2.38. The Labute approximate surface area is 196 Å².